The maximum absolute atomic E-state index is 14.3. The van der Waals surface area contributed by atoms with Gasteiger partial charge >= 0.3 is 0 Å². The van der Waals surface area contributed by atoms with E-state index in [1.54, 1.807) is 24.4 Å². The third-order valence-corrected chi connectivity index (χ3v) is 16.2. The van der Waals surface area contributed by atoms with Gasteiger partial charge in [0.1, 0.15) is 18.4 Å². The molecule has 4 aliphatic rings. The number of hydrogen-bond donors (Lipinski definition) is 2. The Morgan fingerprint density at radius 1 is 0.685 bits per heavy atom. The maximum atomic E-state index is 14.3. The number of anilines is 2. The van der Waals surface area contributed by atoms with Crippen LogP contribution in [0, 0.1) is 5.82 Å². The standard InChI is InChI=1S/C26H26Br2ClN4O.C14H9BrClFN2O.C14H10BrClN2O/c1-31-6-4-17(5-7-31)12-23(34)32-8-10-33(11-9-32)26-24-18(14-21(29)15-22(24)28)2-3-19-13-20(27)16-30-25(19)26;15-8-3-7-2-1-6-4-9(16)12(18)11(17)10(6)14(20)13(7)19-5-8;15-9-3-8-2-1-7-4-11(16)12(17)5-10(7)14(19)13(8)18-6-9/h4-7,13-16,26H,2-3,8-12H2,1H3;3-5H,1-2,18H2;3-6H,1-2,17H2/q+1;;. The molecule has 11 rings (SSSR count). The number of amides is 1. The lowest BCUT2D eigenvalue weighted by molar-refractivity contribution is -0.671. The van der Waals surface area contributed by atoms with Crippen LogP contribution in [0.2, 0.25) is 15.1 Å². The fraction of sp³-hybridized carbons (Fsp3) is 0.241. The molecule has 0 radical (unpaired) electrons. The van der Waals surface area contributed by atoms with Gasteiger partial charge in [-0.3, -0.25) is 34.2 Å². The van der Waals surface area contributed by atoms with E-state index in [0.29, 0.717) is 59.9 Å². The second kappa shape index (κ2) is 22.7. The summed E-state index contributed by atoms with van der Waals surface area (Å²) in [7, 11) is 1.98. The highest BCUT2D eigenvalue weighted by molar-refractivity contribution is 9.11. The Balaban J connectivity index is 0.000000144. The van der Waals surface area contributed by atoms with Gasteiger partial charge in [0, 0.05) is 85.4 Å². The molecular formula is C54H45Br4Cl3FN8O3+. The van der Waals surface area contributed by atoms with Gasteiger partial charge in [-0.1, -0.05) is 50.7 Å². The number of hydrogen-bond acceptors (Lipinski definition) is 9. The van der Waals surface area contributed by atoms with Crippen LogP contribution in [0.4, 0.5) is 15.8 Å². The number of fused-ring (bicyclic) bond motifs is 6. The lowest BCUT2D eigenvalue weighted by atomic mass is 9.96. The molecule has 73 heavy (non-hydrogen) atoms. The first-order valence-electron chi connectivity index (χ1n) is 23.2. The predicted octanol–water partition coefficient (Wildman–Crippen LogP) is 11.6. The van der Waals surface area contributed by atoms with Crippen LogP contribution >= 0.6 is 98.5 Å². The number of carbonyl (C=O) groups is 3. The first-order chi connectivity index (χ1) is 34.9. The van der Waals surface area contributed by atoms with E-state index >= 15 is 0 Å². The molecule has 1 saturated heterocycles. The number of nitrogen functional groups attached to an aromatic ring is 2. The number of benzene rings is 3. The lowest BCUT2D eigenvalue weighted by Gasteiger charge is -2.40. The van der Waals surface area contributed by atoms with Crippen molar-refractivity contribution in [1.29, 1.82) is 0 Å². The Labute approximate surface area is 470 Å². The van der Waals surface area contributed by atoms with Crippen molar-refractivity contribution in [1.82, 2.24) is 24.8 Å². The van der Waals surface area contributed by atoms with Gasteiger partial charge in [0.2, 0.25) is 17.5 Å². The number of halogens is 8. The molecule has 1 aliphatic heterocycles. The smallest absolute Gasteiger partial charge is 0.227 e. The molecule has 0 spiro atoms. The lowest BCUT2D eigenvalue weighted by Crippen LogP contribution is -2.50. The fourth-order valence-corrected chi connectivity index (χ4v) is 12.4. The molecule has 0 saturated carbocycles. The Morgan fingerprint density at radius 2 is 1.23 bits per heavy atom. The molecule has 1 fully saturated rings. The molecular weight excluding hydrogens is 1250 g/mol. The van der Waals surface area contributed by atoms with Crippen LogP contribution in [0.15, 0.2) is 110 Å². The quantitative estimate of drug-likeness (QED) is 0.130. The molecule has 0 bridgehead atoms. The first kappa shape index (κ1) is 53.2. The summed E-state index contributed by atoms with van der Waals surface area (Å²) < 4.78 is 19.9. The number of rotatable bonds is 3. The van der Waals surface area contributed by atoms with Gasteiger partial charge in [-0.2, -0.15) is 0 Å². The zero-order valence-electron chi connectivity index (χ0n) is 39.1. The number of aryl methyl sites for hydroxylation is 7. The van der Waals surface area contributed by atoms with E-state index in [1.807, 2.05) is 65.4 Å². The largest absolute Gasteiger partial charge is 0.398 e. The Bertz CT molecular complexity index is 3360. The minimum Gasteiger partial charge on any atom is -0.398 e. The summed E-state index contributed by atoms with van der Waals surface area (Å²) in [6.07, 6.45) is 13.9. The van der Waals surface area contributed by atoms with Crippen molar-refractivity contribution in [3.63, 3.8) is 0 Å². The van der Waals surface area contributed by atoms with Crippen molar-refractivity contribution in [3.05, 3.63) is 203 Å². The van der Waals surface area contributed by atoms with Crippen LogP contribution in [0.3, 0.4) is 0 Å². The van der Waals surface area contributed by atoms with E-state index in [0.717, 1.165) is 89.6 Å². The third kappa shape index (κ3) is 11.6. The van der Waals surface area contributed by atoms with Crippen LogP contribution in [-0.4, -0.2) is 68.4 Å². The fourth-order valence-electron chi connectivity index (χ4n) is 9.73. The van der Waals surface area contributed by atoms with Crippen LogP contribution in [0.25, 0.3) is 0 Å². The summed E-state index contributed by atoms with van der Waals surface area (Å²) in [5.41, 5.74) is 22.1. The van der Waals surface area contributed by atoms with Gasteiger partial charge in [0.15, 0.2) is 18.2 Å². The van der Waals surface area contributed by atoms with Gasteiger partial charge in [0.25, 0.3) is 0 Å². The van der Waals surface area contributed by atoms with Gasteiger partial charge in [-0.15, -0.1) is 0 Å². The van der Waals surface area contributed by atoms with E-state index in [9.17, 15) is 18.8 Å². The predicted molar refractivity (Wildman–Crippen MR) is 297 cm³/mol. The van der Waals surface area contributed by atoms with Gasteiger partial charge in [0.05, 0.1) is 45.1 Å². The molecule has 1 atom stereocenters. The van der Waals surface area contributed by atoms with Crippen molar-refractivity contribution in [3.8, 4) is 0 Å². The second-order valence-corrected chi connectivity index (χ2v) is 23.0. The normalized spacial score (nSPS) is 15.8. The summed E-state index contributed by atoms with van der Waals surface area (Å²) in [4.78, 5) is 55.7. The van der Waals surface area contributed by atoms with Gasteiger partial charge < -0.3 is 16.4 Å². The van der Waals surface area contributed by atoms with Gasteiger partial charge in [-0.05, 0) is 179 Å². The molecule has 7 aromatic rings. The van der Waals surface area contributed by atoms with Crippen molar-refractivity contribution in [2.24, 2.45) is 7.05 Å². The molecule has 19 heteroatoms. The van der Waals surface area contributed by atoms with Crippen molar-refractivity contribution in [2.45, 2.75) is 51.0 Å². The monoisotopic (exact) mass is 1290 g/mol. The molecule has 11 nitrogen and oxygen atoms in total. The minimum atomic E-state index is -0.755. The molecule has 3 aromatic carbocycles. The van der Waals surface area contributed by atoms with Crippen LogP contribution in [-0.2, 0) is 56.8 Å². The molecule has 3 aliphatic carbocycles. The molecule has 1 unspecified atom stereocenters. The molecule has 4 N–H and O–H groups in total. The zero-order valence-corrected chi connectivity index (χ0v) is 47.7. The average Bonchev–Trinajstić information content (AvgIpc) is 3.67. The Morgan fingerprint density at radius 3 is 1.89 bits per heavy atom. The zero-order chi connectivity index (χ0) is 51.8. The van der Waals surface area contributed by atoms with Crippen LogP contribution in [0.5, 0.6) is 0 Å². The summed E-state index contributed by atoms with van der Waals surface area (Å²) >= 11 is 32.4. The third-order valence-electron chi connectivity index (χ3n) is 13.4. The number of nitrogens with zero attached hydrogens (tertiary/aromatic N) is 6. The summed E-state index contributed by atoms with van der Waals surface area (Å²) in [5.74, 6) is -1.10. The van der Waals surface area contributed by atoms with E-state index in [-0.39, 0.29) is 39.7 Å². The number of aromatic nitrogens is 4. The summed E-state index contributed by atoms with van der Waals surface area (Å²) in [6.45, 7) is 3.02. The summed E-state index contributed by atoms with van der Waals surface area (Å²) in [6, 6.07) is 19.1. The van der Waals surface area contributed by atoms with Crippen molar-refractivity contribution < 1.29 is 23.3 Å². The molecule has 1 amide bonds. The second-order valence-electron chi connectivity index (χ2n) is 18.2. The average molecular weight is 1300 g/mol. The highest BCUT2D eigenvalue weighted by Crippen LogP contribution is 2.42. The Hall–Kier alpha value is -4.65. The van der Waals surface area contributed by atoms with E-state index in [2.05, 4.69) is 90.7 Å². The van der Waals surface area contributed by atoms with E-state index < -0.39 is 11.6 Å². The number of ketones is 2. The number of carbonyl (C=O) groups excluding carboxylic acids is 3. The van der Waals surface area contributed by atoms with E-state index in [4.69, 9.17) is 51.3 Å². The van der Waals surface area contributed by atoms with Crippen molar-refractivity contribution >= 4 is 127 Å². The Kier molecular flexibility index (Phi) is 16.5. The van der Waals surface area contributed by atoms with Crippen LogP contribution in [0.1, 0.15) is 88.3 Å². The molecule has 5 heterocycles. The highest BCUT2D eigenvalue weighted by Gasteiger charge is 2.35. The number of nitrogens with two attached hydrogens (primary N) is 2. The minimum absolute atomic E-state index is 0.0135. The maximum Gasteiger partial charge on any atom is 0.227 e. The number of pyridine rings is 4. The topological polar surface area (TPSA) is 152 Å². The van der Waals surface area contributed by atoms with Gasteiger partial charge in [-0.25, -0.2) is 8.96 Å². The summed E-state index contributed by atoms with van der Waals surface area (Å²) in [5, 5.41) is 1.37. The van der Waals surface area contributed by atoms with E-state index in [1.165, 1.54) is 22.9 Å². The molecule has 4 aromatic heterocycles. The van der Waals surface area contributed by atoms with Crippen LogP contribution < -0.4 is 16.0 Å². The van der Waals surface area contributed by atoms with Crippen molar-refractivity contribution in [2.75, 3.05) is 37.6 Å². The first-order valence-corrected chi connectivity index (χ1v) is 27.5. The number of piperazine rings is 1. The molecule has 374 valence electrons. The SMILES string of the molecule is C[n+]1ccc(CC(=O)N2CCN(C3c4ncc(Br)cc4CCc4cc(Cl)cc(Br)c43)CC2)cc1.Nc1c(Cl)cc2c(c1F)C(=O)c1ncc(Br)cc1CC2.Nc1cc2c(cc1Cl)CCc1cc(Br)cnc1C2=O. The highest BCUT2D eigenvalue weighted by atomic mass is 79.9.